The third-order valence-electron chi connectivity index (χ3n) is 7.47. The SMILES string of the molecule is Cc1ccnc(C(=O)[C@]23Cc4cnn(-c5ccc(F)cc5)c4C=C2CCN(S(=O)(=O)c2cccc(Cl)c2)C3)c1. The molecule has 4 aromatic rings. The van der Waals surface area contributed by atoms with Gasteiger partial charge in [0.15, 0.2) is 5.78 Å². The highest BCUT2D eigenvalue weighted by molar-refractivity contribution is 7.89. The molecular weight excluding hydrogens is 539 g/mol. The van der Waals surface area contributed by atoms with Crippen molar-refractivity contribution in [1.82, 2.24) is 19.1 Å². The summed E-state index contributed by atoms with van der Waals surface area (Å²) in [6, 6.07) is 15.7. The van der Waals surface area contributed by atoms with Crippen molar-refractivity contribution in [2.75, 3.05) is 13.1 Å². The Bertz CT molecular complexity index is 1750. The second-order valence-corrected chi connectivity index (χ2v) is 12.3. The summed E-state index contributed by atoms with van der Waals surface area (Å²) in [5.41, 5.74) is 3.12. The van der Waals surface area contributed by atoms with Gasteiger partial charge in [0.2, 0.25) is 10.0 Å². The van der Waals surface area contributed by atoms with E-state index < -0.39 is 15.4 Å². The quantitative estimate of drug-likeness (QED) is 0.309. The summed E-state index contributed by atoms with van der Waals surface area (Å²) < 4.78 is 44.1. The highest BCUT2D eigenvalue weighted by atomic mass is 35.5. The molecule has 1 fully saturated rings. The molecule has 0 radical (unpaired) electrons. The minimum Gasteiger partial charge on any atom is -0.291 e. The Morgan fingerprint density at radius 3 is 2.64 bits per heavy atom. The molecule has 0 saturated carbocycles. The maximum atomic E-state index is 14.3. The number of carbonyl (C=O) groups excluding carboxylic acids is 1. The van der Waals surface area contributed by atoms with Crippen LogP contribution in [0.25, 0.3) is 11.8 Å². The van der Waals surface area contributed by atoms with Crippen molar-refractivity contribution in [2.24, 2.45) is 5.41 Å². The summed E-state index contributed by atoms with van der Waals surface area (Å²) in [5, 5.41) is 4.85. The highest BCUT2D eigenvalue weighted by Gasteiger charge is 2.51. The lowest BCUT2D eigenvalue weighted by atomic mass is 9.65. The average molecular weight is 563 g/mol. The molecule has 198 valence electrons. The molecule has 1 aliphatic carbocycles. The van der Waals surface area contributed by atoms with Crippen molar-refractivity contribution >= 4 is 33.5 Å². The van der Waals surface area contributed by atoms with Gasteiger partial charge in [0, 0.05) is 24.3 Å². The van der Waals surface area contributed by atoms with Gasteiger partial charge in [-0.05, 0) is 91.6 Å². The van der Waals surface area contributed by atoms with E-state index in [1.54, 1.807) is 47.4 Å². The molecule has 0 amide bonds. The van der Waals surface area contributed by atoms with E-state index in [-0.39, 0.29) is 41.7 Å². The molecule has 0 unspecified atom stereocenters. The third kappa shape index (κ3) is 4.40. The molecular formula is C29H24ClFN4O3S. The molecule has 10 heteroatoms. The summed E-state index contributed by atoms with van der Waals surface area (Å²) in [7, 11) is -3.92. The average Bonchev–Trinajstić information content (AvgIpc) is 3.33. The molecule has 39 heavy (non-hydrogen) atoms. The van der Waals surface area contributed by atoms with E-state index in [1.807, 2.05) is 19.1 Å². The number of ketones is 1. The molecule has 2 aromatic carbocycles. The molecule has 3 heterocycles. The first-order valence-corrected chi connectivity index (χ1v) is 14.3. The Balaban J connectivity index is 1.46. The van der Waals surface area contributed by atoms with Crippen LogP contribution >= 0.6 is 11.6 Å². The van der Waals surface area contributed by atoms with E-state index in [1.165, 1.54) is 28.6 Å². The number of aromatic nitrogens is 3. The summed E-state index contributed by atoms with van der Waals surface area (Å²) in [6.07, 6.45) is 5.82. The maximum absolute atomic E-state index is 14.3. The molecule has 1 saturated heterocycles. The molecule has 2 aliphatic rings. The number of Topliss-reactive ketones (excluding diaryl/α,β-unsaturated/α-hetero) is 1. The molecule has 2 aromatic heterocycles. The van der Waals surface area contributed by atoms with E-state index in [2.05, 4.69) is 10.1 Å². The Hall–Kier alpha value is -3.66. The lowest BCUT2D eigenvalue weighted by molar-refractivity contribution is 0.0770. The molecule has 0 spiro atoms. The molecule has 1 aliphatic heterocycles. The number of carbonyl (C=O) groups is 1. The Labute approximate surface area is 230 Å². The van der Waals surface area contributed by atoms with Crippen molar-refractivity contribution in [3.63, 3.8) is 0 Å². The topological polar surface area (TPSA) is 85.2 Å². The van der Waals surface area contributed by atoms with Crippen LogP contribution in [0.4, 0.5) is 4.39 Å². The van der Waals surface area contributed by atoms with Gasteiger partial charge in [0.05, 0.1) is 27.9 Å². The Kier molecular flexibility index (Phi) is 6.25. The second kappa shape index (κ2) is 9.51. The van der Waals surface area contributed by atoms with E-state index in [9.17, 15) is 17.6 Å². The maximum Gasteiger partial charge on any atom is 0.243 e. The predicted molar refractivity (Wildman–Crippen MR) is 146 cm³/mol. The number of hydrogen-bond donors (Lipinski definition) is 0. The van der Waals surface area contributed by atoms with Crippen LogP contribution in [0.5, 0.6) is 0 Å². The standard InChI is InChI=1S/C29H24ClFN4O3S/c1-19-9-11-32-26(13-19)28(36)29-16-20-17-33-35(24-7-5-23(31)6-8-24)27(20)14-21(29)10-12-34(18-29)39(37,38)25-4-2-3-22(30)15-25/h2-9,11,13-15,17H,10,12,16,18H2,1H3/t29-/m0/s1. The lowest BCUT2D eigenvalue weighted by Gasteiger charge is -2.44. The predicted octanol–water partition coefficient (Wildman–Crippen LogP) is 5.27. The summed E-state index contributed by atoms with van der Waals surface area (Å²) in [6.45, 7) is 2.05. The lowest BCUT2D eigenvalue weighted by Crippen LogP contribution is -2.53. The zero-order chi connectivity index (χ0) is 27.4. The largest absolute Gasteiger partial charge is 0.291 e. The van der Waals surface area contributed by atoms with Gasteiger partial charge < -0.3 is 0 Å². The van der Waals surface area contributed by atoms with Crippen LogP contribution in [0.1, 0.15) is 33.7 Å². The molecule has 1 atom stereocenters. The van der Waals surface area contributed by atoms with E-state index in [4.69, 9.17) is 11.6 Å². The van der Waals surface area contributed by atoms with Gasteiger partial charge in [0.25, 0.3) is 0 Å². The van der Waals surface area contributed by atoms with Crippen molar-refractivity contribution in [3.8, 4) is 5.69 Å². The first kappa shape index (κ1) is 25.6. The van der Waals surface area contributed by atoms with Crippen LogP contribution < -0.4 is 0 Å². The van der Waals surface area contributed by atoms with E-state index in [0.29, 0.717) is 17.1 Å². The number of halogens is 2. The van der Waals surface area contributed by atoms with Gasteiger partial charge in [0.1, 0.15) is 11.5 Å². The van der Waals surface area contributed by atoms with Gasteiger partial charge in [-0.15, -0.1) is 0 Å². The van der Waals surface area contributed by atoms with Gasteiger partial charge >= 0.3 is 0 Å². The summed E-state index contributed by atoms with van der Waals surface area (Å²) >= 11 is 6.11. The zero-order valence-electron chi connectivity index (χ0n) is 21.0. The van der Waals surface area contributed by atoms with Crippen LogP contribution in [-0.4, -0.2) is 46.4 Å². The molecule has 0 N–H and O–H groups in total. The van der Waals surface area contributed by atoms with Crippen LogP contribution in [0.2, 0.25) is 5.02 Å². The normalized spacial score (nSPS) is 19.2. The minimum atomic E-state index is -3.92. The first-order chi connectivity index (χ1) is 18.7. The van der Waals surface area contributed by atoms with Gasteiger partial charge in [-0.25, -0.2) is 17.5 Å². The fourth-order valence-electron chi connectivity index (χ4n) is 5.49. The number of nitrogens with zero attached hydrogens (tertiary/aromatic N) is 4. The zero-order valence-corrected chi connectivity index (χ0v) is 22.6. The van der Waals surface area contributed by atoms with E-state index in [0.717, 1.165) is 22.4 Å². The second-order valence-electron chi connectivity index (χ2n) is 9.97. The van der Waals surface area contributed by atoms with Crippen molar-refractivity contribution < 1.29 is 17.6 Å². The van der Waals surface area contributed by atoms with Crippen LogP contribution in [0, 0.1) is 18.2 Å². The minimum absolute atomic E-state index is 0.0384. The number of piperidine rings is 1. The molecule has 6 rings (SSSR count). The molecule has 0 bridgehead atoms. The van der Waals surface area contributed by atoms with Crippen LogP contribution in [0.15, 0.2) is 83.5 Å². The van der Waals surface area contributed by atoms with Gasteiger partial charge in [-0.1, -0.05) is 23.2 Å². The van der Waals surface area contributed by atoms with Gasteiger partial charge in [-0.3, -0.25) is 9.78 Å². The van der Waals surface area contributed by atoms with Crippen molar-refractivity contribution in [1.29, 1.82) is 0 Å². The smallest absolute Gasteiger partial charge is 0.243 e. The number of hydrogen-bond acceptors (Lipinski definition) is 5. The van der Waals surface area contributed by atoms with Crippen LogP contribution in [-0.2, 0) is 16.4 Å². The van der Waals surface area contributed by atoms with E-state index >= 15 is 0 Å². The summed E-state index contributed by atoms with van der Waals surface area (Å²) in [4.78, 5) is 18.7. The number of benzene rings is 2. The third-order valence-corrected chi connectivity index (χ3v) is 9.54. The Morgan fingerprint density at radius 2 is 1.90 bits per heavy atom. The molecule has 7 nitrogen and oxygen atoms in total. The van der Waals surface area contributed by atoms with Crippen molar-refractivity contribution in [3.05, 3.63) is 112 Å². The Morgan fingerprint density at radius 1 is 1.10 bits per heavy atom. The first-order valence-electron chi connectivity index (χ1n) is 12.4. The highest BCUT2D eigenvalue weighted by Crippen LogP contribution is 2.47. The summed E-state index contributed by atoms with van der Waals surface area (Å²) in [5.74, 6) is -0.578. The number of aryl methyl sites for hydroxylation is 1. The fourth-order valence-corrected chi connectivity index (χ4v) is 7.29. The monoisotopic (exact) mass is 562 g/mol. The van der Waals surface area contributed by atoms with Crippen molar-refractivity contribution in [2.45, 2.75) is 24.7 Å². The number of pyridine rings is 1. The fraction of sp³-hybridized carbons (Fsp3) is 0.207. The van der Waals surface area contributed by atoms with Crippen LogP contribution in [0.3, 0.4) is 0 Å². The number of fused-ring (bicyclic) bond motifs is 2. The number of sulfonamides is 1. The number of rotatable bonds is 5. The van der Waals surface area contributed by atoms with Gasteiger partial charge in [-0.2, -0.15) is 9.40 Å².